The van der Waals surface area contributed by atoms with Crippen molar-refractivity contribution >= 4 is 5.91 Å². The van der Waals surface area contributed by atoms with Crippen molar-refractivity contribution in [3.05, 3.63) is 47.3 Å². The number of pyridine rings is 1. The maximum Gasteiger partial charge on any atom is 0.435 e. The van der Waals surface area contributed by atoms with Gasteiger partial charge in [-0.05, 0) is 25.0 Å². The maximum atomic E-state index is 13.0. The van der Waals surface area contributed by atoms with Gasteiger partial charge in [0, 0.05) is 31.4 Å². The van der Waals surface area contributed by atoms with Gasteiger partial charge >= 0.3 is 12.4 Å². The van der Waals surface area contributed by atoms with Crippen LogP contribution in [0.2, 0.25) is 0 Å². The Morgan fingerprint density at radius 3 is 2.47 bits per heavy atom. The number of halogens is 6. The fraction of sp³-hybridized carbons (Fsp3) is 0.389. The predicted octanol–water partition coefficient (Wildman–Crippen LogP) is 3.38. The van der Waals surface area contributed by atoms with Gasteiger partial charge in [0.1, 0.15) is 17.2 Å². The summed E-state index contributed by atoms with van der Waals surface area (Å²) < 4.78 is 79.7. The lowest BCUT2D eigenvalue weighted by Crippen LogP contribution is -2.34. The van der Waals surface area contributed by atoms with Crippen molar-refractivity contribution in [1.82, 2.24) is 34.8 Å². The van der Waals surface area contributed by atoms with E-state index in [4.69, 9.17) is 0 Å². The summed E-state index contributed by atoms with van der Waals surface area (Å²) in [5.74, 6) is -0.473. The second-order valence-corrected chi connectivity index (χ2v) is 7.15. The smallest absolute Gasteiger partial charge is 0.341 e. The van der Waals surface area contributed by atoms with Crippen LogP contribution in [0.3, 0.4) is 0 Å². The SMILES string of the molecule is Cn1nc(C(F)(F)F)cc1C(=O)N[C@@H]1CCCn2nc(-c3ccnc(C(F)(F)F)c3)nc21. The minimum absolute atomic E-state index is 0.0222. The second-order valence-electron chi connectivity index (χ2n) is 7.15. The summed E-state index contributed by atoms with van der Waals surface area (Å²) in [7, 11) is 1.22. The zero-order valence-electron chi connectivity index (χ0n) is 16.4. The number of alkyl halides is 6. The highest BCUT2D eigenvalue weighted by Gasteiger charge is 2.36. The number of nitrogens with zero attached hydrogens (tertiary/aromatic N) is 6. The summed E-state index contributed by atoms with van der Waals surface area (Å²) in [6, 6.07) is 2.11. The Kier molecular flexibility index (Phi) is 5.17. The molecule has 0 bridgehead atoms. The summed E-state index contributed by atoms with van der Waals surface area (Å²) in [4.78, 5) is 20.2. The number of carbonyl (C=O) groups excluding carboxylic acids is 1. The molecule has 0 radical (unpaired) electrons. The quantitative estimate of drug-likeness (QED) is 0.607. The molecule has 1 aliphatic heterocycles. The first kappa shape index (κ1) is 21.8. The van der Waals surface area contributed by atoms with E-state index >= 15 is 0 Å². The molecular weight excluding hydrogens is 444 g/mol. The molecule has 8 nitrogen and oxygen atoms in total. The van der Waals surface area contributed by atoms with E-state index < -0.39 is 35.7 Å². The van der Waals surface area contributed by atoms with Gasteiger partial charge in [-0.25, -0.2) is 9.67 Å². The van der Waals surface area contributed by atoms with Crippen LogP contribution in [0.4, 0.5) is 26.3 Å². The first-order valence-corrected chi connectivity index (χ1v) is 9.34. The molecule has 0 saturated heterocycles. The van der Waals surface area contributed by atoms with E-state index in [0.29, 0.717) is 31.3 Å². The van der Waals surface area contributed by atoms with E-state index in [1.54, 1.807) is 0 Å². The standard InChI is InChI=1S/C18H15F6N7O/c1-30-11(8-13(28-30)18(22,23)24)16(32)26-10-3-2-6-31-15(10)27-14(29-31)9-4-5-25-12(7-9)17(19,20)21/h4-5,7-8,10H,2-3,6H2,1H3,(H,26,32)/t10-/m1/s1. The predicted molar refractivity (Wildman–Crippen MR) is 95.9 cm³/mol. The number of rotatable bonds is 3. The van der Waals surface area contributed by atoms with E-state index in [1.165, 1.54) is 17.8 Å². The second kappa shape index (κ2) is 7.60. The van der Waals surface area contributed by atoms with Gasteiger partial charge in [0.2, 0.25) is 0 Å². The van der Waals surface area contributed by atoms with E-state index in [2.05, 4.69) is 25.5 Å². The molecule has 0 spiro atoms. The van der Waals surface area contributed by atoms with Crippen LogP contribution in [-0.4, -0.2) is 35.4 Å². The Morgan fingerprint density at radius 1 is 1.09 bits per heavy atom. The van der Waals surface area contributed by atoms with E-state index in [-0.39, 0.29) is 17.1 Å². The van der Waals surface area contributed by atoms with Crippen LogP contribution in [0, 0.1) is 0 Å². The summed E-state index contributed by atoms with van der Waals surface area (Å²) in [6.45, 7) is 0.426. The minimum Gasteiger partial charge on any atom is -0.341 e. The van der Waals surface area contributed by atoms with Crippen LogP contribution < -0.4 is 5.32 Å². The number of aryl methyl sites for hydroxylation is 2. The monoisotopic (exact) mass is 459 g/mol. The number of aromatic nitrogens is 6. The lowest BCUT2D eigenvalue weighted by atomic mass is 10.1. The molecule has 3 aromatic heterocycles. The fourth-order valence-electron chi connectivity index (χ4n) is 3.38. The molecule has 4 heterocycles. The van der Waals surface area contributed by atoms with Crippen molar-refractivity contribution < 1.29 is 31.1 Å². The van der Waals surface area contributed by atoms with Crippen molar-refractivity contribution in [3.63, 3.8) is 0 Å². The molecule has 0 saturated carbocycles. The zero-order valence-corrected chi connectivity index (χ0v) is 16.4. The molecule has 1 aliphatic rings. The van der Waals surface area contributed by atoms with Gasteiger partial charge < -0.3 is 5.32 Å². The number of carbonyl (C=O) groups is 1. The molecule has 1 amide bonds. The average molecular weight is 459 g/mol. The number of amides is 1. The Bertz CT molecular complexity index is 1160. The molecule has 0 fully saturated rings. The highest BCUT2D eigenvalue weighted by molar-refractivity contribution is 5.93. The van der Waals surface area contributed by atoms with Crippen LogP contribution in [-0.2, 0) is 25.9 Å². The van der Waals surface area contributed by atoms with Gasteiger partial charge in [0.05, 0.1) is 6.04 Å². The third kappa shape index (κ3) is 4.16. The summed E-state index contributed by atoms with van der Waals surface area (Å²) in [5.41, 5.74) is -2.49. The number of hydrogen-bond acceptors (Lipinski definition) is 5. The van der Waals surface area contributed by atoms with Gasteiger partial charge in [0.25, 0.3) is 5.91 Å². The topological polar surface area (TPSA) is 90.5 Å². The van der Waals surface area contributed by atoms with Crippen LogP contribution in [0.1, 0.15) is 46.6 Å². The lowest BCUT2D eigenvalue weighted by Gasteiger charge is -2.22. The molecular formula is C18H15F6N7O. The number of fused-ring (bicyclic) bond motifs is 1. The number of nitrogens with one attached hydrogen (secondary N) is 1. The Morgan fingerprint density at radius 2 is 1.81 bits per heavy atom. The summed E-state index contributed by atoms with van der Waals surface area (Å²) in [6.07, 6.45) is -7.33. The minimum atomic E-state index is -4.70. The van der Waals surface area contributed by atoms with Gasteiger partial charge in [0.15, 0.2) is 11.5 Å². The van der Waals surface area contributed by atoms with E-state index in [9.17, 15) is 31.1 Å². The highest BCUT2D eigenvalue weighted by atomic mass is 19.4. The Labute approximate surface area is 176 Å². The lowest BCUT2D eigenvalue weighted by molar-refractivity contribution is -0.142. The molecule has 1 N–H and O–H groups in total. The molecule has 1 atom stereocenters. The van der Waals surface area contributed by atoms with Crippen LogP contribution in [0.25, 0.3) is 11.4 Å². The molecule has 170 valence electrons. The van der Waals surface area contributed by atoms with Gasteiger partial charge in [-0.2, -0.15) is 36.5 Å². The molecule has 0 aliphatic carbocycles. The van der Waals surface area contributed by atoms with Gasteiger partial charge in [-0.1, -0.05) is 0 Å². The van der Waals surface area contributed by atoms with Crippen molar-refractivity contribution in [2.75, 3.05) is 0 Å². The van der Waals surface area contributed by atoms with Crippen LogP contribution in [0.5, 0.6) is 0 Å². The molecule has 14 heteroatoms. The Balaban J connectivity index is 1.60. The van der Waals surface area contributed by atoms with Crippen molar-refractivity contribution in [1.29, 1.82) is 0 Å². The first-order valence-electron chi connectivity index (χ1n) is 9.34. The van der Waals surface area contributed by atoms with Crippen molar-refractivity contribution in [2.24, 2.45) is 7.05 Å². The third-order valence-electron chi connectivity index (χ3n) is 4.89. The largest absolute Gasteiger partial charge is 0.435 e. The average Bonchev–Trinajstić information content (AvgIpc) is 3.32. The molecule has 0 unspecified atom stereocenters. The molecule has 3 aromatic rings. The Hall–Kier alpha value is -3.45. The molecule has 4 rings (SSSR count). The number of hydrogen-bond donors (Lipinski definition) is 1. The van der Waals surface area contributed by atoms with Crippen LogP contribution >= 0.6 is 0 Å². The van der Waals surface area contributed by atoms with Gasteiger partial charge in [-0.3, -0.25) is 14.5 Å². The maximum absolute atomic E-state index is 13.0. The normalized spacial score (nSPS) is 16.7. The van der Waals surface area contributed by atoms with E-state index in [1.807, 2.05) is 0 Å². The molecule has 32 heavy (non-hydrogen) atoms. The van der Waals surface area contributed by atoms with Crippen molar-refractivity contribution in [2.45, 2.75) is 37.8 Å². The van der Waals surface area contributed by atoms with Crippen LogP contribution in [0.15, 0.2) is 24.4 Å². The zero-order chi connectivity index (χ0) is 23.3. The fourth-order valence-corrected chi connectivity index (χ4v) is 3.38. The summed E-state index contributed by atoms with van der Waals surface area (Å²) in [5, 5.41) is 10.1. The first-order chi connectivity index (χ1) is 14.9. The van der Waals surface area contributed by atoms with Crippen molar-refractivity contribution in [3.8, 4) is 11.4 Å². The van der Waals surface area contributed by atoms with Gasteiger partial charge in [-0.15, -0.1) is 0 Å². The summed E-state index contributed by atoms with van der Waals surface area (Å²) >= 11 is 0. The third-order valence-corrected chi connectivity index (χ3v) is 4.89. The van der Waals surface area contributed by atoms with E-state index in [0.717, 1.165) is 16.9 Å². The molecule has 0 aromatic carbocycles. The highest BCUT2D eigenvalue weighted by Crippen LogP contribution is 2.32.